The zero-order valence-electron chi connectivity index (χ0n) is 13.2. The SMILES string of the molecule is COc1ccc(C(=O)NNC(=S)NC(=O)c2ccc(Cl)cc2Cl)cc1I. The summed E-state index contributed by atoms with van der Waals surface area (Å²) in [5, 5.41) is 2.93. The van der Waals surface area contributed by atoms with Gasteiger partial charge in [-0.1, -0.05) is 23.2 Å². The van der Waals surface area contributed by atoms with E-state index in [0.29, 0.717) is 16.3 Å². The maximum absolute atomic E-state index is 12.1. The van der Waals surface area contributed by atoms with Crippen LogP contribution in [-0.2, 0) is 0 Å². The molecule has 136 valence electrons. The molecule has 0 aromatic heterocycles. The van der Waals surface area contributed by atoms with Crippen LogP contribution in [0.15, 0.2) is 36.4 Å². The molecule has 0 saturated carbocycles. The Labute approximate surface area is 178 Å². The predicted molar refractivity (Wildman–Crippen MR) is 113 cm³/mol. The number of nitrogens with one attached hydrogen (secondary N) is 3. The third-order valence-electron chi connectivity index (χ3n) is 3.11. The molecule has 2 amide bonds. The first-order chi connectivity index (χ1) is 12.3. The summed E-state index contributed by atoms with van der Waals surface area (Å²) in [5.74, 6) is -0.290. The number of hydrogen-bond donors (Lipinski definition) is 3. The number of methoxy groups -OCH3 is 1. The van der Waals surface area contributed by atoms with Crippen LogP contribution in [0.3, 0.4) is 0 Å². The molecule has 6 nitrogen and oxygen atoms in total. The van der Waals surface area contributed by atoms with Crippen molar-refractivity contribution in [1.82, 2.24) is 16.2 Å². The molecular weight excluding hydrogens is 512 g/mol. The molecule has 0 aliphatic rings. The lowest BCUT2D eigenvalue weighted by molar-refractivity contribution is 0.0934. The average molecular weight is 524 g/mol. The number of carbonyl (C=O) groups is 2. The Kier molecular flexibility index (Phi) is 7.44. The van der Waals surface area contributed by atoms with Gasteiger partial charge < -0.3 is 4.74 Å². The Morgan fingerprint density at radius 3 is 2.42 bits per heavy atom. The van der Waals surface area contributed by atoms with E-state index < -0.39 is 11.8 Å². The van der Waals surface area contributed by atoms with Crippen LogP contribution in [0.2, 0.25) is 10.0 Å². The maximum atomic E-state index is 12.1. The molecule has 0 spiro atoms. The monoisotopic (exact) mass is 523 g/mol. The lowest BCUT2D eigenvalue weighted by Crippen LogP contribution is -2.48. The van der Waals surface area contributed by atoms with E-state index in [0.717, 1.165) is 3.57 Å². The van der Waals surface area contributed by atoms with Crippen LogP contribution < -0.4 is 20.9 Å². The van der Waals surface area contributed by atoms with Gasteiger partial charge in [0.2, 0.25) is 0 Å². The number of amides is 2. The second-order valence-corrected chi connectivity index (χ2v) is 7.25. The fraction of sp³-hybridized carbons (Fsp3) is 0.0625. The van der Waals surface area contributed by atoms with E-state index in [1.807, 2.05) is 0 Å². The van der Waals surface area contributed by atoms with Gasteiger partial charge in [0.1, 0.15) is 5.75 Å². The number of hydrazine groups is 1. The summed E-state index contributed by atoms with van der Waals surface area (Å²) in [7, 11) is 1.55. The molecule has 26 heavy (non-hydrogen) atoms. The second-order valence-electron chi connectivity index (χ2n) is 4.84. The Morgan fingerprint density at radius 1 is 1.08 bits per heavy atom. The molecule has 0 aliphatic heterocycles. The number of ether oxygens (including phenoxy) is 1. The maximum Gasteiger partial charge on any atom is 0.269 e. The minimum atomic E-state index is -0.530. The Balaban J connectivity index is 1.92. The van der Waals surface area contributed by atoms with Crippen molar-refractivity contribution in [3.8, 4) is 5.75 Å². The third-order valence-corrected chi connectivity index (χ3v) is 4.70. The van der Waals surface area contributed by atoms with Crippen molar-refractivity contribution in [2.24, 2.45) is 0 Å². The summed E-state index contributed by atoms with van der Waals surface area (Å²) >= 11 is 18.8. The molecule has 0 heterocycles. The van der Waals surface area contributed by atoms with E-state index in [-0.39, 0.29) is 15.7 Å². The smallest absolute Gasteiger partial charge is 0.269 e. The standard InChI is InChI=1S/C16H12Cl2IN3O3S/c1-25-13-5-2-8(6-12(13)19)14(23)21-22-16(26)20-15(24)10-4-3-9(17)7-11(10)18/h2-7H,1H3,(H,21,23)(H2,20,22,24,26). The average Bonchev–Trinajstić information content (AvgIpc) is 2.59. The van der Waals surface area contributed by atoms with Crippen LogP contribution in [0.4, 0.5) is 0 Å². The van der Waals surface area contributed by atoms with Gasteiger partial charge in [0, 0.05) is 10.6 Å². The minimum absolute atomic E-state index is 0.0856. The van der Waals surface area contributed by atoms with Gasteiger partial charge in [-0.15, -0.1) is 0 Å². The first kappa shape index (κ1) is 20.7. The fourth-order valence-corrected chi connectivity index (χ4v) is 3.24. The molecule has 0 fully saturated rings. The zero-order chi connectivity index (χ0) is 19.3. The topological polar surface area (TPSA) is 79.5 Å². The Morgan fingerprint density at radius 2 is 1.81 bits per heavy atom. The Bertz CT molecular complexity index is 880. The number of thiocarbonyl (C=S) groups is 1. The fourth-order valence-electron chi connectivity index (χ4n) is 1.87. The highest BCUT2D eigenvalue weighted by molar-refractivity contribution is 14.1. The van der Waals surface area contributed by atoms with E-state index >= 15 is 0 Å². The molecule has 2 aromatic rings. The zero-order valence-corrected chi connectivity index (χ0v) is 17.7. The molecule has 0 atom stereocenters. The molecule has 2 rings (SSSR count). The van der Waals surface area contributed by atoms with Crippen LogP contribution in [0.25, 0.3) is 0 Å². The highest BCUT2D eigenvalue weighted by atomic mass is 127. The van der Waals surface area contributed by atoms with Crippen LogP contribution in [0, 0.1) is 3.57 Å². The quantitative estimate of drug-likeness (QED) is 0.326. The third kappa shape index (κ3) is 5.44. The number of hydrogen-bond acceptors (Lipinski definition) is 4. The minimum Gasteiger partial charge on any atom is -0.496 e. The largest absolute Gasteiger partial charge is 0.496 e. The predicted octanol–water partition coefficient (Wildman–Crippen LogP) is 3.56. The van der Waals surface area contributed by atoms with E-state index in [2.05, 4.69) is 38.8 Å². The Hall–Kier alpha value is -1.62. The summed E-state index contributed by atoms with van der Waals surface area (Å²) in [4.78, 5) is 24.2. The molecule has 0 aliphatic carbocycles. The lowest BCUT2D eigenvalue weighted by Gasteiger charge is -2.12. The molecule has 0 radical (unpaired) electrons. The number of halogens is 3. The molecular formula is C16H12Cl2IN3O3S. The van der Waals surface area contributed by atoms with E-state index in [1.165, 1.54) is 18.2 Å². The summed E-state index contributed by atoms with van der Waals surface area (Å²) in [6.45, 7) is 0. The lowest BCUT2D eigenvalue weighted by atomic mass is 10.2. The molecule has 2 aromatic carbocycles. The van der Waals surface area contributed by atoms with E-state index in [9.17, 15) is 9.59 Å². The van der Waals surface area contributed by atoms with Crippen molar-refractivity contribution in [2.45, 2.75) is 0 Å². The van der Waals surface area contributed by atoms with Gasteiger partial charge in [0.15, 0.2) is 5.11 Å². The summed E-state index contributed by atoms with van der Waals surface area (Å²) < 4.78 is 5.92. The highest BCUT2D eigenvalue weighted by Crippen LogP contribution is 2.22. The first-order valence-electron chi connectivity index (χ1n) is 7.02. The van der Waals surface area contributed by atoms with Gasteiger partial charge in [0.25, 0.3) is 11.8 Å². The van der Waals surface area contributed by atoms with Crippen molar-refractivity contribution >= 4 is 74.9 Å². The van der Waals surface area contributed by atoms with Crippen LogP contribution in [-0.4, -0.2) is 24.0 Å². The van der Waals surface area contributed by atoms with Gasteiger partial charge in [-0.05, 0) is 71.2 Å². The normalized spacial score (nSPS) is 10.0. The van der Waals surface area contributed by atoms with Gasteiger partial charge in [-0.2, -0.15) is 0 Å². The van der Waals surface area contributed by atoms with E-state index in [1.54, 1.807) is 25.3 Å². The van der Waals surface area contributed by atoms with Crippen molar-refractivity contribution in [3.05, 3.63) is 61.1 Å². The molecule has 3 N–H and O–H groups in total. The summed E-state index contributed by atoms with van der Waals surface area (Å²) in [5.41, 5.74) is 5.46. The van der Waals surface area contributed by atoms with Crippen molar-refractivity contribution in [2.75, 3.05) is 7.11 Å². The van der Waals surface area contributed by atoms with Crippen LogP contribution >= 0.6 is 58.0 Å². The highest BCUT2D eigenvalue weighted by Gasteiger charge is 2.13. The van der Waals surface area contributed by atoms with E-state index in [4.69, 9.17) is 40.2 Å². The van der Waals surface area contributed by atoms with Gasteiger partial charge in [-0.3, -0.25) is 25.8 Å². The summed E-state index contributed by atoms with van der Waals surface area (Å²) in [6.07, 6.45) is 0. The second kappa shape index (κ2) is 9.36. The van der Waals surface area contributed by atoms with Crippen molar-refractivity contribution in [3.63, 3.8) is 0 Å². The van der Waals surface area contributed by atoms with Crippen molar-refractivity contribution < 1.29 is 14.3 Å². The van der Waals surface area contributed by atoms with Gasteiger partial charge in [0.05, 0.1) is 21.3 Å². The molecule has 0 saturated heterocycles. The molecule has 0 bridgehead atoms. The van der Waals surface area contributed by atoms with Crippen molar-refractivity contribution in [1.29, 1.82) is 0 Å². The molecule has 10 heteroatoms. The van der Waals surface area contributed by atoms with Gasteiger partial charge >= 0.3 is 0 Å². The number of benzene rings is 2. The summed E-state index contributed by atoms with van der Waals surface area (Å²) in [6, 6.07) is 9.39. The van der Waals surface area contributed by atoms with Crippen LogP contribution in [0.1, 0.15) is 20.7 Å². The van der Waals surface area contributed by atoms with Gasteiger partial charge in [-0.25, -0.2) is 0 Å². The first-order valence-corrected chi connectivity index (χ1v) is 9.26. The number of rotatable bonds is 3. The molecule has 0 unspecified atom stereocenters. The number of carbonyl (C=O) groups excluding carboxylic acids is 2. The van der Waals surface area contributed by atoms with Crippen LogP contribution in [0.5, 0.6) is 5.75 Å².